The van der Waals surface area contributed by atoms with Crippen molar-refractivity contribution in [1.82, 2.24) is 14.9 Å². The molecule has 0 saturated carbocycles. The predicted molar refractivity (Wildman–Crippen MR) is 115 cm³/mol. The largest absolute Gasteiger partial charge is 0.478 e. The van der Waals surface area contributed by atoms with Crippen LogP contribution in [0, 0.1) is 5.82 Å². The van der Waals surface area contributed by atoms with Crippen LogP contribution in [0.4, 0.5) is 20.7 Å². The zero-order valence-corrected chi connectivity index (χ0v) is 17.3. The minimum absolute atomic E-state index is 0.0328. The molecular weight excluding hydrogens is 401 g/mol. The highest BCUT2D eigenvalue weighted by Crippen LogP contribution is 2.24. The second-order valence-electron chi connectivity index (χ2n) is 7.22. The molecule has 1 N–H and O–H groups in total. The number of Topliss-reactive ketones (excluding diaryl/α,β-unsaturated/α-hetero) is 1. The van der Waals surface area contributed by atoms with E-state index in [0.717, 1.165) is 5.69 Å². The lowest BCUT2D eigenvalue weighted by molar-refractivity contribution is 0.101. The van der Waals surface area contributed by atoms with Crippen molar-refractivity contribution in [2.24, 2.45) is 0 Å². The van der Waals surface area contributed by atoms with Crippen molar-refractivity contribution < 1.29 is 18.7 Å². The number of carbonyl (C=O) groups is 2. The van der Waals surface area contributed by atoms with Gasteiger partial charge in [0.25, 0.3) is 5.88 Å². The van der Waals surface area contributed by atoms with Gasteiger partial charge in [0.05, 0.1) is 18.1 Å². The number of urea groups is 1. The van der Waals surface area contributed by atoms with Crippen molar-refractivity contribution in [3.8, 4) is 5.88 Å². The lowest BCUT2D eigenvalue weighted by Gasteiger charge is -2.36. The number of fused-ring (bicyclic) bond motifs is 1. The molecule has 0 aliphatic carbocycles. The van der Waals surface area contributed by atoms with Crippen molar-refractivity contribution in [3.05, 3.63) is 53.8 Å². The molecule has 2 aromatic carbocycles. The molecule has 2 amide bonds. The number of hydrogen-bond acceptors (Lipinski definition) is 6. The summed E-state index contributed by atoms with van der Waals surface area (Å²) in [4.78, 5) is 36.6. The molecule has 1 saturated heterocycles. The maximum Gasteiger partial charge on any atom is 0.323 e. The molecule has 0 unspecified atom stereocenters. The van der Waals surface area contributed by atoms with Crippen LogP contribution in [0.5, 0.6) is 5.88 Å². The summed E-state index contributed by atoms with van der Waals surface area (Å²) in [5.74, 6) is -0.0793. The lowest BCUT2D eigenvalue weighted by atomic mass is 10.1. The average molecular weight is 423 g/mol. The van der Waals surface area contributed by atoms with Gasteiger partial charge in [-0.15, -0.1) is 0 Å². The Bertz CT molecular complexity index is 1130. The number of carbonyl (C=O) groups excluding carboxylic acids is 2. The van der Waals surface area contributed by atoms with E-state index in [4.69, 9.17) is 4.74 Å². The van der Waals surface area contributed by atoms with Crippen molar-refractivity contribution in [3.63, 3.8) is 0 Å². The number of hydrogen-bond donors (Lipinski definition) is 1. The SMILES string of the molecule is COc1nc2cc(F)ccc2nc1NC(=O)N1CCN(c2ccc(C(C)=O)cc2)CC1. The number of anilines is 2. The van der Waals surface area contributed by atoms with E-state index in [1.54, 1.807) is 11.8 Å². The third-order valence-electron chi connectivity index (χ3n) is 5.22. The van der Waals surface area contributed by atoms with Gasteiger partial charge < -0.3 is 14.5 Å². The van der Waals surface area contributed by atoms with E-state index in [2.05, 4.69) is 20.2 Å². The Morgan fingerprint density at radius 2 is 1.71 bits per heavy atom. The second-order valence-corrected chi connectivity index (χ2v) is 7.22. The van der Waals surface area contributed by atoms with Crippen LogP contribution >= 0.6 is 0 Å². The Kier molecular flexibility index (Phi) is 5.66. The fourth-order valence-corrected chi connectivity index (χ4v) is 3.49. The van der Waals surface area contributed by atoms with E-state index < -0.39 is 5.82 Å². The Balaban J connectivity index is 1.42. The normalized spacial score (nSPS) is 13.9. The third kappa shape index (κ3) is 4.40. The number of nitrogens with zero attached hydrogens (tertiary/aromatic N) is 4. The maximum atomic E-state index is 13.4. The monoisotopic (exact) mass is 423 g/mol. The first-order chi connectivity index (χ1) is 14.9. The predicted octanol–water partition coefficient (Wildman–Crippen LogP) is 3.33. The molecule has 2 heterocycles. The Morgan fingerprint density at radius 1 is 1.00 bits per heavy atom. The van der Waals surface area contributed by atoms with Crippen molar-refractivity contribution in [2.45, 2.75) is 6.92 Å². The number of rotatable bonds is 4. The number of nitrogens with one attached hydrogen (secondary N) is 1. The van der Waals surface area contributed by atoms with Gasteiger partial charge in [-0.25, -0.2) is 19.2 Å². The summed E-state index contributed by atoms with van der Waals surface area (Å²) in [6.45, 7) is 3.91. The van der Waals surface area contributed by atoms with E-state index in [9.17, 15) is 14.0 Å². The van der Waals surface area contributed by atoms with Crippen LogP contribution in [-0.2, 0) is 0 Å². The minimum Gasteiger partial charge on any atom is -0.478 e. The lowest BCUT2D eigenvalue weighted by Crippen LogP contribution is -2.50. The van der Waals surface area contributed by atoms with Crippen molar-refractivity contribution in [1.29, 1.82) is 0 Å². The second kappa shape index (κ2) is 8.55. The number of benzene rings is 2. The number of ketones is 1. The molecule has 1 aliphatic heterocycles. The van der Waals surface area contributed by atoms with Crippen LogP contribution in [0.3, 0.4) is 0 Å². The molecule has 31 heavy (non-hydrogen) atoms. The van der Waals surface area contributed by atoms with Crippen LogP contribution in [0.25, 0.3) is 11.0 Å². The summed E-state index contributed by atoms with van der Waals surface area (Å²) in [5, 5.41) is 2.75. The fourth-order valence-electron chi connectivity index (χ4n) is 3.49. The van der Waals surface area contributed by atoms with E-state index in [-0.39, 0.29) is 23.5 Å². The molecule has 160 valence electrons. The van der Waals surface area contributed by atoms with Gasteiger partial charge in [0.1, 0.15) is 5.82 Å². The summed E-state index contributed by atoms with van der Waals surface area (Å²) < 4.78 is 18.7. The van der Waals surface area contributed by atoms with Gasteiger partial charge in [-0.05, 0) is 43.3 Å². The zero-order valence-electron chi connectivity index (χ0n) is 17.3. The van der Waals surface area contributed by atoms with Crippen LogP contribution in [0.1, 0.15) is 17.3 Å². The van der Waals surface area contributed by atoms with E-state index in [1.165, 1.54) is 25.3 Å². The third-order valence-corrected chi connectivity index (χ3v) is 5.22. The van der Waals surface area contributed by atoms with Gasteiger partial charge in [-0.3, -0.25) is 10.1 Å². The quantitative estimate of drug-likeness (QED) is 0.648. The smallest absolute Gasteiger partial charge is 0.323 e. The first-order valence-corrected chi connectivity index (χ1v) is 9.88. The number of aromatic nitrogens is 2. The van der Waals surface area contributed by atoms with Gasteiger partial charge in [-0.1, -0.05) is 0 Å². The Morgan fingerprint density at radius 3 is 2.35 bits per heavy atom. The van der Waals surface area contributed by atoms with Gasteiger partial charge in [0.2, 0.25) is 0 Å². The molecule has 0 atom stereocenters. The number of ether oxygens (including phenoxy) is 1. The van der Waals surface area contributed by atoms with Gasteiger partial charge in [0, 0.05) is 43.5 Å². The summed E-state index contributed by atoms with van der Waals surface area (Å²) in [6, 6.07) is 11.2. The summed E-state index contributed by atoms with van der Waals surface area (Å²) in [7, 11) is 1.42. The molecule has 4 rings (SSSR count). The molecule has 3 aromatic rings. The van der Waals surface area contributed by atoms with Crippen LogP contribution in [0.15, 0.2) is 42.5 Å². The van der Waals surface area contributed by atoms with E-state index in [1.807, 2.05) is 24.3 Å². The zero-order chi connectivity index (χ0) is 22.0. The maximum absolute atomic E-state index is 13.4. The van der Waals surface area contributed by atoms with E-state index in [0.29, 0.717) is 42.8 Å². The van der Waals surface area contributed by atoms with Crippen LogP contribution < -0.4 is 15.0 Å². The topological polar surface area (TPSA) is 87.7 Å². The van der Waals surface area contributed by atoms with E-state index >= 15 is 0 Å². The molecule has 1 aromatic heterocycles. The number of amides is 2. The summed E-state index contributed by atoms with van der Waals surface area (Å²) >= 11 is 0. The highest BCUT2D eigenvalue weighted by molar-refractivity contribution is 5.94. The molecule has 0 bridgehead atoms. The molecule has 1 fully saturated rings. The highest BCUT2D eigenvalue weighted by atomic mass is 19.1. The first-order valence-electron chi connectivity index (χ1n) is 9.88. The molecule has 8 nitrogen and oxygen atoms in total. The van der Waals surface area contributed by atoms with Crippen LogP contribution in [0.2, 0.25) is 0 Å². The van der Waals surface area contributed by atoms with Crippen LogP contribution in [-0.4, -0.2) is 60.0 Å². The van der Waals surface area contributed by atoms with Crippen molar-refractivity contribution >= 4 is 34.4 Å². The molecule has 0 radical (unpaired) electrons. The average Bonchev–Trinajstić information content (AvgIpc) is 2.79. The molecular formula is C22H22FN5O3. The highest BCUT2D eigenvalue weighted by Gasteiger charge is 2.23. The number of piperazine rings is 1. The molecule has 9 heteroatoms. The minimum atomic E-state index is -0.422. The van der Waals surface area contributed by atoms with Gasteiger partial charge in [-0.2, -0.15) is 0 Å². The molecule has 0 spiro atoms. The summed E-state index contributed by atoms with van der Waals surface area (Å²) in [6.07, 6.45) is 0. The fraction of sp³-hybridized carbons (Fsp3) is 0.273. The Hall–Kier alpha value is -3.75. The van der Waals surface area contributed by atoms with Gasteiger partial charge in [0.15, 0.2) is 11.6 Å². The first kappa shape index (κ1) is 20.5. The standard InChI is InChI=1S/C22H22FN5O3/c1-14(29)15-3-6-17(7-4-15)27-9-11-28(12-10-27)22(30)26-20-21(31-2)25-19-13-16(23)5-8-18(19)24-20/h3-8,13H,9-12H2,1-2H3,(H,24,26,30). The Labute approximate surface area is 178 Å². The van der Waals surface area contributed by atoms with Gasteiger partial charge >= 0.3 is 6.03 Å². The number of methoxy groups -OCH3 is 1. The molecule has 1 aliphatic rings. The summed E-state index contributed by atoms with van der Waals surface area (Å²) in [5.41, 5.74) is 2.49. The number of halogens is 1. The van der Waals surface area contributed by atoms with Crippen molar-refractivity contribution in [2.75, 3.05) is 43.5 Å².